The summed E-state index contributed by atoms with van der Waals surface area (Å²) in [6.45, 7) is 9.04. The van der Waals surface area contributed by atoms with Crippen LogP contribution in [0.3, 0.4) is 0 Å². The Balaban J connectivity index is 1.82. The number of rotatable bonds is 4. The molecule has 0 aromatic carbocycles. The second-order valence-electron chi connectivity index (χ2n) is 7.11. The van der Waals surface area contributed by atoms with Crippen molar-refractivity contribution in [3.63, 3.8) is 0 Å². The molecule has 0 atom stereocenters. The number of carbonyl (C=O) groups is 2. The summed E-state index contributed by atoms with van der Waals surface area (Å²) in [5, 5.41) is 14.2. The number of carbonyl (C=O) groups excluding carboxylic acids is 2. The highest BCUT2D eigenvalue weighted by Gasteiger charge is 2.24. The van der Waals surface area contributed by atoms with Gasteiger partial charge in [0, 0.05) is 24.5 Å². The highest BCUT2D eigenvalue weighted by Crippen LogP contribution is 2.18. The molecule has 1 aromatic heterocycles. The predicted molar refractivity (Wildman–Crippen MR) is 95.4 cm³/mol. The van der Waals surface area contributed by atoms with Gasteiger partial charge in [0.25, 0.3) is 0 Å². The fraction of sp³-hybridized carbons (Fsp3) is 0.647. The molecule has 1 aromatic rings. The molecule has 2 N–H and O–H groups in total. The summed E-state index contributed by atoms with van der Waals surface area (Å²) in [7, 11) is 0. The molecular weight excluding hydrogens is 322 g/mol. The van der Waals surface area contributed by atoms with Crippen molar-refractivity contribution in [2.75, 3.05) is 30.3 Å². The summed E-state index contributed by atoms with van der Waals surface area (Å²) in [6, 6.07) is 3.75. The van der Waals surface area contributed by atoms with Gasteiger partial charge in [0.05, 0.1) is 6.61 Å². The van der Waals surface area contributed by atoms with Gasteiger partial charge in [0.15, 0.2) is 5.82 Å². The average Bonchev–Trinajstić information content (AvgIpc) is 2.56. The third kappa shape index (κ3) is 5.58. The number of aromatic nitrogens is 2. The molecule has 2 heterocycles. The van der Waals surface area contributed by atoms with Crippen molar-refractivity contribution in [1.82, 2.24) is 15.1 Å². The van der Waals surface area contributed by atoms with Gasteiger partial charge in [-0.25, -0.2) is 4.79 Å². The lowest BCUT2D eigenvalue weighted by atomic mass is 9.96. The molecule has 1 saturated heterocycles. The number of nitrogens with one attached hydrogen (secondary N) is 2. The van der Waals surface area contributed by atoms with Crippen LogP contribution in [0.2, 0.25) is 0 Å². The number of piperidine rings is 1. The maximum absolute atomic E-state index is 11.9. The first-order chi connectivity index (χ1) is 11.8. The molecule has 1 fully saturated rings. The van der Waals surface area contributed by atoms with Gasteiger partial charge in [0.2, 0.25) is 5.91 Å². The minimum atomic E-state index is -0.481. The smallest absolute Gasteiger partial charge is 0.409 e. The van der Waals surface area contributed by atoms with Gasteiger partial charge < -0.3 is 20.3 Å². The molecule has 0 unspecified atom stereocenters. The van der Waals surface area contributed by atoms with Crippen LogP contribution in [0, 0.1) is 5.41 Å². The topological polar surface area (TPSA) is 96.5 Å². The Hall–Kier alpha value is -2.38. The van der Waals surface area contributed by atoms with E-state index >= 15 is 0 Å². The van der Waals surface area contributed by atoms with Crippen LogP contribution in [0.15, 0.2) is 12.1 Å². The largest absolute Gasteiger partial charge is 0.450 e. The molecule has 0 bridgehead atoms. The average molecular weight is 349 g/mol. The molecule has 2 amide bonds. The number of likely N-dealkylation sites (tertiary alicyclic amines) is 1. The van der Waals surface area contributed by atoms with Gasteiger partial charge in [-0.05, 0) is 31.9 Å². The Labute approximate surface area is 148 Å². The van der Waals surface area contributed by atoms with Crippen LogP contribution in [0.4, 0.5) is 16.4 Å². The SMILES string of the molecule is CCOC(=O)N1CCC(Nc2ccc(NC(=O)C(C)(C)C)nn2)CC1. The van der Waals surface area contributed by atoms with E-state index in [9.17, 15) is 9.59 Å². The number of hydrogen-bond acceptors (Lipinski definition) is 6. The Bertz CT molecular complexity index is 589. The summed E-state index contributed by atoms with van der Waals surface area (Å²) in [6.07, 6.45) is 1.39. The third-order valence-corrected chi connectivity index (χ3v) is 3.96. The predicted octanol–water partition coefficient (Wildman–Crippen LogP) is 2.49. The molecule has 0 spiro atoms. The van der Waals surface area contributed by atoms with Crippen LogP contribution in [0.1, 0.15) is 40.5 Å². The Morgan fingerprint density at radius 2 is 1.80 bits per heavy atom. The quantitative estimate of drug-likeness (QED) is 0.867. The minimum Gasteiger partial charge on any atom is -0.450 e. The Morgan fingerprint density at radius 3 is 2.32 bits per heavy atom. The number of nitrogens with zero attached hydrogens (tertiary/aromatic N) is 3. The van der Waals surface area contributed by atoms with Crippen LogP contribution >= 0.6 is 0 Å². The van der Waals surface area contributed by atoms with Crippen molar-refractivity contribution in [3.8, 4) is 0 Å². The van der Waals surface area contributed by atoms with Gasteiger partial charge >= 0.3 is 6.09 Å². The van der Waals surface area contributed by atoms with Gasteiger partial charge in [-0.1, -0.05) is 20.8 Å². The van der Waals surface area contributed by atoms with E-state index < -0.39 is 5.41 Å². The molecule has 2 rings (SSSR count). The second kappa shape index (κ2) is 8.13. The summed E-state index contributed by atoms with van der Waals surface area (Å²) in [5.41, 5.74) is -0.481. The van der Waals surface area contributed by atoms with Crippen molar-refractivity contribution in [1.29, 1.82) is 0 Å². The lowest BCUT2D eigenvalue weighted by Gasteiger charge is -2.31. The third-order valence-electron chi connectivity index (χ3n) is 3.96. The molecule has 0 radical (unpaired) electrons. The Kier molecular flexibility index (Phi) is 6.17. The summed E-state index contributed by atoms with van der Waals surface area (Å²) in [5.74, 6) is 0.986. The van der Waals surface area contributed by atoms with Crippen molar-refractivity contribution in [2.24, 2.45) is 5.41 Å². The molecule has 0 saturated carbocycles. The first kappa shape index (κ1) is 19.0. The summed E-state index contributed by atoms with van der Waals surface area (Å²) < 4.78 is 5.01. The molecule has 1 aliphatic rings. The van der Waals surface area contributed by atoms with Gasteiger partial charge in [0.1, 0.15) is 5.82 Å². The molecular formula is C17H27N5O3. The number of anilines is 2. The zero-order valence-electron chi connectivity index (χ0n) is 15.3. The summed E-state index contributed by atoms with van der Waals surface area (Å²) in [4.78, 5) is 25.3. The van der Waals surface area contributed by atoms with Gasteiger partial charge in [-0.2, -0.15) is 0 Å². The van der Waals surface area contributed by atoms with Crippen molar-refractivity contribution >= 4 is 23.6 Å². The monoisotopic (exact) mass is 349 g/mol. The molecule has 8 heteroatoms. The molecule has 0 aliphatic carbocycles. The maximum atomic E-state index is 11.9. The standard InChI is InChI=1S/C17H27N5O3/c1-5-25-16(24)22-10-8-12(9-11-22)18-13-6-7-14(21-20-13)19-15(23)17(2,3)4/h6-7,12H,5,8-11H2,1-4H3,(H,18,20)(H,19,21,23). The molecule has 1 aliphatic heterocycles. The molecule has 8 nitrogen and oxygen atoms in total. The zero-order valence-corrected chi connectivity index (χ0v) is 15.3. The van der Waals surface area contributed by atoms with E-state index in [2.05, 4.69) is 20.8 Å². The first-order valence-corrected chi connectivity index (χ1v) is 8.63. The van der Waals surface area contributed by atoms with Crippen LogP contribution < -0.4 is 10.6 Å². The van der Waals surface area contributed by atoms with E-state index in [1.54, 1.807) is 24.0 Å². The highest BCUT2D eigenvalue weighted by atomic mass is 16.6. The fourth-order valence-electron chi connectivity index (χ4n) is 2.41. The zero-order chi connectivity index (χ0) is 18.4. The maximum Gasteiger partial charge on any atom is 0.409 e. The second-order valence-corrected chi connectivity index (χ2v) is 7.11. The van der Waals surface area contributed by atoms with Crippen LogP contribution in [0.25, 0.3) is 0 Å². The number of ether oxygens (including phenoxy) is 1. The number of amides is 2. The summed E-state index contributed by atoms with van der Waals surface area (Å²) >= 11 is 0. The lowest BCUT2D eigenvalue weighted by Crippen LogP contribution is -2.42. The van der Waals surface area contributed by atoms with E-state index in [-0.39, 0.29) is 18.0 Å². The normalized spacial score (nSPS) is 15.6. The van der Waals surface area contributed by atoms with E-state index in [0.29, 0.717) is 31.3 Å². The van der Waals surface area contributed by atoms with Crippen molar-refractivity contribution in [2.45, 2.75) is 46.6 Å². The van der Waals surface area contributed by atoms with E-state index in [0.717, 1.165) is 12.8 Å². The van der Waals surface area contributed by atoms with Gasteiger partial charge in [-0.3, -0.25) is 4.79 Å². The highest BCUT2D eigenvalue weighted by molar-refractivity contribution is 5.93. The first-order valence-electron chi connectivity index (χ1n) is 8.63. The van der Waals surface area contributed by atoms with E-state index in [4.69, 9.17) is 4.74 Å². The van der Waals surface area contributed by atoms with Crippen LogP contribution in [-0.2, 0) is 9.53 Å². The molecule has 138 valence electrons. The van der Waals surface area contributed by atoms with Gasteiger partial charge in [-0.15, -0.1) is 10.2 Å². The van der Waals surface area contributed by atoms with E-state index in [1.807, 2.05) is 20.8 Å². The number of hydrogen-bond donors (Lipinski definition) is 2. The Morgan fingerprint density at radius 1 is 1.20 bits per heavy atom. The minimum absolute atomic E-state index is 0.103. The van der Waals surface area contributed by atoms with Crippen molar-refractivity contribution < 1.29 is 14.3 Å². The lowest BCUT2D eigenvalue weighted by molar-refractivity contribution is -0.123. The fourth-order valence-corrected chi connectivity index (χ4v) is 2.41. The molecule has 25 heavy (non-hydrogen) atoms. The van der Waals surface area contributed by atoms with Crippen LogP contribution in [0.5, 0.6) is 0 Å². The van der Waals surface area contributed by atoms with E-state index in [1.165, 1.54) is 0 Å². The van der Waals surface area contributed by atoms with Crippen molar-refractivity contribution in [3.05, 3.63) is 12.1 Å². The van der Waals surface area contributed by atoms with Crippen LogP contribution in [-0.4, -0.2) is 52.8 Å².